The van der Waals surface area contributed by atoms with E-state index < -0.39 is 69.0 Å². The molecule has 0 radical (unpaired) electrons. The summed E-state index contributed by atoms with van der Waals surface area (Å²) in [5.41, 5.74) is 0.211. The van der Waals surface area contributed by atoms with Crippen molar-refractivity contribution in [1.82, 2.24) is 19.5 Å². The van der Waals surface area contributed by atoms with Crippen LogP contribution in [0.1, 0.15) is 31.9 Å². The first kappa shape index (κ1) is 25.6. The van der Waals surface area contributed by atoms with E-state index in [-0.39, 0.29) is 36.4 Å². The zero-order valence-electron chi connectivity index (χ0n) is 18.3. The lowest BCUT2D eigenvalue weighted by Gasteiger charge is -2.29. The third-order valence-corrected chi connectivity index (χ3v) is 6.19. The first-order chi connectivity index (χ1) is 17.0. The van der Waals surface area contributed by atoms with Gasteiger partial charge in [0.05, 0.1) is 32.2 Å². The monoisotopic (exact) mass is 529 g/mol. The first-order valence-electron chi connectivity index (χ1n) is 10.5. The van der Waals surface area contributed by atoms with Gasteiger partial charge in [-0.2, -0.15) is 0 Å². The highest BCUT2D eigenvalue weighted by Crippen LogP contribution is 2.53. The van der Waals surface area contributed by atoms with Crippen molar-refractivity contribution in [1.29, 1.82) is 0 Å². The quantitative estimate of drug-likeness (QED) is 0.243. The fourth-order valence-corrected chi connectivity index (χ4v) is 4.59. The molecule has 0 saturated carbocycles. The number of nitrogens with one attached hydrogen (secondary N) is 1. The van der Waals surface area contributed by atoms with Crippen molar-refractivity contribution < 1.29 is 57.4 Å². The second-order valence-corrected chi connectivity index (χ2v) is 9.14. The number of rotatable bonds is 9. The SMILES string of the molecule is O=C(O)CCC(=O)Nc1ncnc2c1ncn2C1OC2COP(=O)(O)OC2C1OC(=O)CCC(=O)O. The van der Waals surface area contributed by atoms with Crippen molar-refractivity contribution in [3.63, 3.8) is 0 Å². The van der Waals surface area contributed by atoms with Crippen LogP contribution in [-0.2, 0) is 42.3 Å². The molecule has 2 aromatic rings. The molecule has 4 heterocycles. The van der Waals surface area contributed by atoms with E-state index in [1.807, 2.05) is 0 Å². The molecule has 2 aromatic heterocycles. The Labute approximate surface area is 201 Å². The highest BCUT2D eigenvalue weighted by Gasteiger charge is 2.55. The maximum absolute atomic E-state index is 12.3. The molecule has 0 bridgehead atoms. The van der Waals surface area contributed by atoms with Gasteiger partial charge in [-0.3, -0.25) is 32.8 Å². The number of carboxylic acids is 2. The van der Waals surface area contributed by atoms with Gasteiger partial charge in [0, 0.05) is 6.42 Å². The number of carbonyl (C=O) groups excluding carboxylic acids is 2. The van der Waals surface area contributed by atoms with Crippen LogP contribution in [0.2, 0.25) is 0 Å². The Balaban J connectivity index is 1.62. The van der Waals surface area contributed by atoms with Crippen LogP contribution >= 0.6 is 7.82 Å². The molecule has 0 aliphatic carbocycles. The molecule has 0 aromatic carbocycles. The molecule has 36 heavy (non-hydrogen) atoms. The van der Waals surface area contributed by atoms with Gasteiger partial charge in [0.15, 0.2) is 29.3 Å². The summed E-state index contributed by atoms with van der Waals surface area (Å²) >= 11 is 0. The molecular formula is C18H20N5O12P. The molecule has 4 N–H and O–H groups in total. The first-order valence-corrected chi connectivity index (χ1v) is 12.0. The van der Waals surface area contributed by atoms with Crippen molar-refractivity contribution in [2.75, 3.05) is 11.9 Å². The van der Waals surface area contributed by atoms with Gasteiger partial charge in [-0.1, -0.05) is 0 Å². The number of carbonyl (C=O) groups is 4. The van der Waals surface area contributed by atoms with Crippen LogP contribution in [0.5, 0.6) is 0 Å². The molecule has 5 unspecified atom stereocenters. The number of imidazole rings is 1. The minimum Gasteiger partial charge on any atom is -0.481 e. The van der Waals surface area contributed by atoms with Gasteiger partial charge in [-0.15, -0.1) is 0 Å². The highest BCUT2D eigenvalue weighted by molar-refractivity contribution is 7.47. The third kappa shape index (κ3) is 5.66. The third-order valence-electron chi connectivity index (χ3n) is 5.21. The number of carboxylic acid groups (broad SMARTS) is 2. The summed E-state index contributed by atoms with van der Waals surface area (Å²) in [5.74, 6) is -3.92. The van der Waals surface area contributed by atoms with E-state index in [0.717, 1.165) is 6.33 Å². The zero-order chi connectivity index (χ0) is 26.0. The van der Waals surface area contributed by atoms with Crippen molar-refractivity contribution in [2.45, 2.75) is 50.2 Å². The predicted octanol–water partition coefficient (Wildman–Crippen LogP) is -0.181. The zero-order valence-corrected chi connectivity index (χ0v) is 19.1. The lowest BCUT2D eigenvalue weighted by atomic mass is 10.1. The molecule has 2 aliphatic heterocycles. The molecule has 4 rings (SSSR count). The van der Waals surface area contributed by atoms with Gasteiger partial charge >= 0.3 is 25.7 Å². The van der Waals surface area contributed by atoms with Gasteiger partial charge < -0.3 is 29.9 Å². The van der Waals surface area contributed by atoms with Gasteiger partial charge in [0.2, 0.25) is 5.91 Å². The lowest BCUT2D eigenvalue weighted by molar-refractivity contribution is -0.160. The molecular weight excluding hydrogens is 509 g/mol. The summed E-state index contributed by atoms with van der Waals surface area (Å²) in [6.45, 7) is -0.357. The fraction of sp³-hybridized carbons (Fsp3) is 0.500. The topological polar surface area (TPSA) is 239 Å². The maximum atomic E-state index is 12.3. The average Bonchev–Trinajstić information content (AvgIpc) is 3.38. The number of hydrogen-bond acceptors (Lipinski definition) is 12. The Hall–Kier alpha value is -3.50. The molecule has 2 fully saturated rings. The number of aliphatic carboxylic acids is 2. The lowest BCUT2D eigenvalue weighted by Crippen LogP contribution is -2.41. The summed E-state index contributed by atoms with van der Waals surface area (Å²) in [6, 6.07) is 0. The summed E-state index contributed by atoms with van der Waals surface area (Å²) in [7, 11) is -4.46. The van der Waals surface area contributed by atoms with Crippen molar-refractivity contribution in [2.24, 2.45) is 0 Å². The number of ether oxygens (including phenoxy) is 2. The van der Waals surface area contributed by atoms with Gasteiger partial charge in [-0.05, 0) is 0 Å². The molecule has 2 saturated heterocycles. The second-order valence-electron chi connectivity index (χ2n) is 7.74. The summed E-state index contributed by atoms with van der Waals surface area (Å²) < 4.78 is 34.5. The average molecular weight is 529 g/mol. The molecule has 1 amide bonds. The number of aromatic nitrogens is 4. The largest absolute Gasteiger partial charge is 0.481 e. The summed E-state index contributed by atoms with van der Waals surface area (Å²) in [4.78, 5) is 67.9. The molecule has 5 atom stereocenters. The number of fused-ring (bicyclic) bond motifs is 2. The van der Waals surface area contributed by atoms with Crippen LogP contribution in [0.25, 0.3) is 11.2 Å². The Morgan fingerprint density at radius 2 is 1.83 bits per heavy atom. The Morgan fingerprint density at radius 3 is 2.56 bits per heavy atom. The molecule has 0 spiro atoms. The van der Waals surface area contributed by atoms with E-state index in [0.29, 0.717) is 0 Å². The highest BCUT2D eigenvalue weighted by atomic mass is 31.2. The number of hydrogen-bond donors (Lipinski definition) is 4. The number of esters is 1. The van der Waals surface area contributed by atoms with Gasteiger partial charge in [0.1, 0.15) is 18.5 Å². The Kier molecular flexibility index (Phi) is 7.28. The molecule has 194 valence electrons. The fourth-order valence-electron chi connectivity index (χ4n) is 3.64. The van der Waals surface area contributed by atoms with E-state index in [1.54, 1.807) is 0 Å². The van der Waals surface area contributed by atoms with Crippen molar-refractivity contribution in [3.05, 3.63) is 12.7 Å². The van der Waals surface area contributed by atoms with E-state index >= 15 is 0 Å². The van der Waals surface area contributed by atoms with Crippen LogP contribution < -0.4 is 5.32 Å². The second kappa shape index (κ2) is 10.2. The van der Waals surface area contributed by atoms with Crippen LogP contribution in [0, 0.1) is 0 Å². The van der Waals surface area contributed by atoms with E-state index in [4.69, 9.17) is 28.7 Å². The van der Waals surface area contributed by atoms with E-state index in [2.05, 4.69) is 20.3 Å². The van der Waals surface area contributed by atoms with Crippen LogP contribution in [-0.4, -0.2) is 83.4 Å². The normalized spacial score (nSPS) is 27.4. The number of nitrogens with zero attached hydrogens (tertiary/aromatic N) is 4. The van der Waals surface area contributed by atoms with E-state index in [1.165, 1.54) is 10.9 Å². The number of amides is 1. The number of phosphoric ester groups is 1. The van der Waals surface area contributed by atoms with Gasteiger partial charge in [0.25, 0.3) is 0 Å². The predicted molar refractivity (Wildman–Crippen MR) is 112 cm³/mol. The number of phosphoric acid groups is 1. The Morgan fingerprint density at radius 1 is 1.11 bits per heavy atom. The van der Waals surface area contributed by atoms with Crippen LogP contribution in [0.4, 0.5) is 5.82 Å². The Bertz CT molecular complexity index is 1250. The summed E-state index contributed by atoms with van der Waals surface area (Å²) in [5, 5.41) is 20.0. The van der Waals surface area contributed by atoms with Crippen LogP contribution in [0.15, 0.2) is 12.7 Å². The molecule has 17 nitrogen and oxygen atoms in total. The molecule has 2 aliphatic rings. The minimum atomic E-state index is -4.46. The van der Waals surface area contributed by atoms with Crippen molar-refractivity contribution >= 4 is 48.6 Å². The van der Waals surface area contributed by atoms with Gasteiger partial charge in [-0.25, -0.2) is 19.5 Å². The maximum Gasteiger partial charge on any atom is 0.472 e. The minimum absolute atomic E-state index is 0.0148. The molecule has 18 heteroatoms. The van der Waals surface area contributed by atoms with E-state index in [9.17, 15) is 28.6 Å². The van der Waals surface area contributed by atoms with Crippen LogP contribution in [0.3, 0.4) is 0 Å². The standard InChI is InChI=1S/C18H20N5O12P/c24-9(1-2-10(25)26)22-16-13-17(20-6-19-16)23(7-21-13)18-15(34-12(29)4-3-11(27)28)14-8(33-18)5-32-36(30,31)35-14/h6-8,14-15,18H,1-5H2,(H,25,26)(H,27,28)(H,30,31)(H,19,20,22,24). The smallest absolute Gasteiger partial charge is 0.472 e. The summed E-state index contributed by atoms with van der Waals surface area (Å²) in [6.07, 6.45) is -3.99. The number of anilines is 1. The van der Waals surface area contributed by atoms with Crippen molar-refractivity contribution in [3.8, 4) is 0 Å².